The van der Waals surface area contributed by atoms with Gasteiger partial charge in [0.05, 0.1) is 6.10 Å². The lowest BCUT2D eigenvalue weighted by Gasteiger charge is -2.36. The molecular weight excluding hydrogens is 288 g/mol. The molecule has 1 N–H and O–H groups in total. The summed E-state index contributed by atoms with van der Waals surface area (Å²) < 4.78 is 0. The van der Waals surface area contributed by atoms with Crippen LogP contribution in [0.4, 0.5) is 0 Å². The van der Waals surface area contributed by atoms with E-state index < -0.39 is 6.10 Å². The van der Waals surface area contributed by atoms with E-state index in [0.717, 1.165) is 49.8 Å². The minimum atomic E-state index is -0.437. The number of carbonyl (C=O) groups excluding carboxylic acids is 1. The van der Waals surface area contributed by atoms with Crippen LogP contribution in [0.2, 0.25) is 0 Å². The van der Waals surface area contributed by atoms with Crippen LogP contribution in [-0.2, 0) is 0 Å². The first-order valence-electron chi connectivity index (χ1n) is 9.00. The minimum absolute atomic E-state index is 0.123. The maximum absolute atomic E-state index is 12.7. The van der Waals surface area contributed by atoms with Gasteiger partial charge in [-0.15, -0.1) is 0 Å². The molecule has 126 valence electrons. The fourth-order valence-corrected chi connectivity index (χ4v) is 3.52. The summed E-state index contributed by atoms with van der Waals surface area (Å²) >= 11 is 0. The molecule has 1 amide bonds. The molecule has 1 aliphatic heterocycles. The number of aliphatic hydroxyl groups is 1. The SMILES string of the molecule is CCC(O)c1ccc(C(=O)N2CCCN(C3CCC3)CC2)cc1. The molecule has 0 aromatic heterocycles. The van der Waals surface area contributed by atoms with Crippen LogP contribution < -0.4 is 0 Å². The molecule has 1 aromatic rings. The van der Waals surface area contributed by atoms with Gasteiger partial charge < -0.3 is 10.0 Å². The van der Waals surface area contributed by atoms with Gasteiger partial charge in [0.25, 0.3) is 5.91 Å². The summed E-state index contributed by atoms with van der Waals surface area (Å²) in [5.41, 5.74) is 1.62. The van der Waals surface area contributed by atoms with Crippen LogP contribution in [-0.4, -0.2) is 53.0 Å². The average molecular weight is 316 g/mol. The second-order valence-corrected chi connectivity index (χ2v) is 6.81. The third kappa shape index (κ3) is 3.75. The molecule has 1 saturated carbocycles. The highest BCUT2D eigenvalue weighted by molar-refractivity contribution is 5.94. The van der Waals surface area contributed by atoms with Crippen LogP contribution in [0.5, 0.6) is 0 Å². The van der Waals surface area contributed by atoms with Crippen LogP contribution in [0.1, 0.15) is 61.1 Å². The zero-order valence-electron chi connectivity index (χ0n) is 14.1. The molecule has 1 heterocycles. The van der Waals surface area contributed by atoms with Gasteiger partial charge in [0.1, 0.15) is 0 Å². The Morgan fingerprint density at radius 3 is 2.48 bits per heavy atom. The van der Waals surface area contributed by atoms with Gasteiger partial charge in [-0.1, -0.05) is 25.5 Å². The number of hydrogen-bond acceptors (Lipinski definition) is 3. The number of amides is 1. The Bertz CT molecular complexity index is 525. The summed E-state index contributed by atoms with van der Waals surface area (Å²) in [6.45, 7) is 5.75. The molecule has 2 aliphatic rings. The first-order chi connectivity index (χ1) is 11.2. The minimum Gasteiger partial charge on any atom is -0.388 e. The quantitative estimate of drug-likeness (QED) is 0.929. The van der Waals surface area contributed by atoms with Crippen LogP contribution in [0.15, 0.2) is 24.3 Å². The Hall–Kier alpha value is -1.39. The van der Waals surface area contributed by atoms with Gasteiger partial charge >= 0.3 is 0 Å². The van der Waals surface area contributed by atoms with E-state index in [1.807, 2.05) is 36.1 Å². The first-order valence-corrected chi connectivity index (χ1v) is 9.00. The van der Waals surface area contributed by atoms with Gasteiger partial charge in [-0.05, 0) is 43.4 Å². The van der Waals surface area contributed by atoms with E-state index in [2.05, 4.69) is 4.90 Å². The van der Waals surface area contributed by atoms with Crippen molar-refractivity contribution in [2.45, 2.75) is 51.2 Å². The van der Waals surface area contributed by atoms with Gasteiger partial charge in [0, 0.05) is 37.8 Å². The molecule has 0 bridgehead atoms. The van der Waals surface area contributed by atoms with Crippen LogP contribution >= 0.6 is 0 Å². The van der Waals surface area contributed by atoms with Gasteiger partial charge in [-0.25, -0.2) is 0 Å². The summed E-state index contributed by atoms with van der Waals surface area (Å²) in [6.07, 6.45) is 5.34. The number of aliphatic hydroxyl groups excluding tert-OH is 1. The normalized spacial score (nSPS) is 21.6. The summed E-state index contributed by atoms with van der Waals surface area (Å²) in [5, 5.41) is 9.85. The molecule has 1 unspecified atom stereocenters. The third-order valence-corrected chi connectivity index (χ3v) is 5.34. The summed E-state index contributed by atoms with van der Waals surface area (Å²) in [5.74, 6) is 0.123. The van der Waals surface area contributed by atoms with Crippen molar-refractivity contribution in [1.82, 2.24) is 9.80 Å². The standard InChI is InChI=1S/C19H28N2O2/c1-2-18(22)15-7-9-16(10-8-15)19(23)21-12-4-11-20(13-14-21)17-5-3-6-17/h7-10,17-18,22H,2-6,11-14H2,1H3. The topological polar surface area (TPSA) is 43.8 Å². The molecule has 1 atom stereocenters. The van der Waals surface area contributed by atoms with Crippen molar-refractivity contribution < 1.29 is 9.90 Å². The van der Waals surface area contributed by atoms with Crippen molar-refractivity contribution in [3.05, 3.63) is 35.4 Å². The second kappa shape index (κ2) is 7.45. The molecular formula is C19H28N2O2. The summed E-state index contributed by atoms with van der Waals surface area (Å²) in [7, 11) is 0. The molecule has 0 radical (unpaired) electrons. The maximum atomic E-state index is 12.7. The number of hydrogen-bond donors (Lipinski definition) is 1. The van der Waals surface area contributed by atoms with E-state index in [1.165, 1.54) is 19.3 Å². The second-order valence-electron chi connectivity index (χ2n) is 6.81. The molecule has 4 heteroatoms. The zero-order valence-corrected chi connectivity index (χ0v) is 14.1. The molecule has 23 heavy (non-hydrogen) atoms. The zero-order chi connectivity index (χ0) is 16.2. The van der Waals surface area contributed by atoms with Crippen molar-refractivity contribution in [3.63, 3.8) is 0 Å². The Morgan fingerprint density at radius 2 is 1.87 bits per heavy atom. The Morgan fingerprint density at radius 1 is 1.13 bits per heavy atom. The number of benzene rings is 1. The largest absolute Gasteiger partial charge is 0.388 e. The van der Waals surface area contributed by atoms with E-state index in [9.17, 15) is 9.90 Å². The van der Waals surface area contributed by atoms with Crippen LogP contribution in [0, 0.1) is 0 Å². The molecule has 3 rings (SSSR count). The van der Waals surface area contributed by atoms with Crippen LogP contribution in [0.3, 0.4) is 0 Å². The van der Waals surface area contributed by atoms with Crippen molar-refractivity contribution in [2.24, 2.45) is 0 Å². The predicted molar refractivity (Wildman–Crippen MR) is 91.4 cm³/mol. The lowest BCUT2D eigenvalue weighted by Crippen LogP contribution is -2.42. The monoisotopic (exact) mass is 316 g/mol. The van der Waals surface area contributed by atoms with Crippen molar-refractivity contribution in [2.75, 3.05) is 26.2 Å². The highest BCUT2D eigenvalue weighted by Gasteiger charge is 2.27. The van der Waals surface area contributed by atoms with E-state index >= 15 is 0 Å². The van der Waals surface area contributed by atoms with Gasteiger partial charge in [0.15, 0.2) is 0 Å². The van der Waals surface area contributed by atoms with Gasteiger partial charge in [-0.2, -0.15) is 0 Å². The van der Waals surface area contributed by atoms with E-state index in [4.69, 9.17) is 0 Å². The predicted octanol–water partition coefficient (Wildman–Crippen LogP) is 2.83. The van der Waals surface area contributed by atoms with Crippen LogP contribution in [0.25, 0.3) is 0 Å². The highest BCUT2D eigenvalue weighted by Crippen LogP contribution is 2.26. The highest BCUT2D eigenvalue weighted by atomic mass is 16.3. The van der Waals surface area contributed by atoms with Gasteiger partial charge in [-0.3, -0.25) is 9.69 Å². The molecule has 1 saturated heterocycles. The van der Waals surface area contributed by atoms with E-state index in [-0.39, 0.29) is 5.91 Å². The maximum Gasteiger partial charge on any atom is 0.253 e. The lowest BCUT2D eigenvalue weighted by atomic mass is 9.91. The molecule has 0 spiro atoms. The number of rotatable bonds is 4. The fraction of sp³-hybridized carbons (Fsp3) is 0.632. The Kier molecular flexibility index (Phi) is 5.34. The summed E-state index contributed by atoms with van der Waals surface area (Å²) in [6, 6.07) is 8.22. The lowest BCUT2D eigenvalue weighted by molar-refractivity contribution is 0.0749. The van der Waals surface area contributed by atoms with E-state index in [1.54, 1.807) is 0 Å². The Labute approximate surface area is 139 Å². The van der Waals surface area contributed by atoms with E-state index in [0.29, 0.717) is 6.42 Å². The molecule has 1 aliphatic carbocycles. The number of nitrogens with zero attached hydrogens (tertiary/aromatic N) is 2. The van der Waals surface area contributed by atoms with Gasteiger partial charge in [0.2, 0.25) is 0 Å². The first kappa shape index (κ1) is 16.5. The third-order valence-electron chi connectivity index (χ3n) is 5.34. The molecule has 2 fully saturated rings. The molecule has 4 nitrogen and oxygen atoms in total. The van der Waals surface area contributed by atoms with Crippen molar-refractivity contribution >= 4 is 5.91 Å². The summed E-state index contributed by atoms with van der Waals surface area (Å²) in [4.78, 5) is 17.3. The Balaban J connectivity index is 1.60. The van der Waals surface area contributed by atoms with Crippen molar-refractivity contribution in [1.29, 1.82) is 0 Å². The fourth-order valence-electron chi connectivity index (χ4n) is 3.52. The molecule has 1 aromatic carbocycles. The smallest absolute Gasteiger partial charge is 0.253 e. The average Bonchev–Trinajstić information content (AvgIpc) is 2.78. The number of carbonyl (C=O) groups is 1. The van der Waals surface area contributed by atoms with Crippen molar-refractivity contribution in [3.8, 4) is 0 Å².